The number of piperidine rings is 3. The highest BCUT2D eigenvalue weighted by Gasteiger charge is 2.45. The standard InChI is InChI=1S/C43H49F3N8O6/c1-42(2,60)31-23-32(47)26(21-34(31)50-38(56)33-6-3-7-36(49-33)43(44,45)46)24-48-27-14-17-52(18-15-27)16-4-5-25-12-19-53(20-13-25)28-8-9-29-30(22-28)41(59)54(40(29)58)35-10-11-37(55)51-39(35)57/h3,6-9,21-25,27,35,47-48,60H,4-5,10-20H2,1-2H3,(H,50,56)(H,51,55,57)/b26-24-,47-32?. The molecule has 4 aliphatic heterocycles. The van der Waals surface area contributed by atoms with Crippen LogP contribution < -0.4 is 20.9 Å². The third-order valence-corrected chi connectivity index (χ3v) is 11.9. The van der Waals surface area contributed by atoms with Crippen molar-refractivity contribution < 1.29 is 42.3 Å². The quantitative estimate of drug-likeness (QED) is 0.202. The van der Waals surface area contributed by atoms with Crippen LogP contribution in [0.5, 0.6) is 0 Å². The van der Waals surface area contributed by atoms with Crippen molar-refractivity contribution in [1.82, 2.24) is 30.7 Å². The molecule has 2 aromatic rings. The van der Waals surface area contributed by atoms with Crippen molar-refractivity contribution >= 4 is 40.9 Å². The molecule has 318 valence electrons. The van der Waals surface area contributed by atoms with Crippen molar-refractivity contribution in [1.29, 1.82) is 5.41 Å². The number of nitrogens with one attached hydrogen (secondary N) is 4. The van der Waals surface area contributed by atoms with Gasteiger partial charge >= 0.3 is 6.18 Å². The first-order chi connectivity index (χ1) is 28.5. The molecule has 0 radical (unpaired) electrons. The zero-order valence-corrected chi connectivity index (χ0v) is 33.5. The molecule has 5 heterocycles. The monoisotopic (exact) mass is 830 g/mol. The van der Waals surface area contributed by atoms with Crippen LogP contribution >= 0.6 is 0 Å². The van der Waals surface area contributed by atoms with Gasteiger partial charge in [-0.15, -0.1) is 0 Å². The maximum absolute atomic E-state index is 13.3. The molecule has 1 aromatic heterocycles. The molecule has 1 unspecified atom stereocenters. The second kappa shape index (κ2) is 17.1. The molecule has 3 fully saturated rings. The van der Waals surface area contributed by atoms with Crippen LogP contribution in [0.1, 0.15) is 102 Å². The Morgan fingerprint density at radius 2 is 1.68 bits per heavy atom. The summed E-state index contributed by atoms with van der Waals surface area (Å²) in [7, 11) is 0. The van der Waals surface area contributed by atoms with Gasteiger partial charge in [0.1, 0.15) is 17.4 Å². The topological polar surface area (TPSA) is 188 Å². The second-order valence-electron chi connectivity index (χ2n) is 16.6. The van der Waals surface area contributed by atoms with E-state index >= 15 is 0 Å². The zero-order chi connectivity index (χ0) is 42.9. The predicted molar refractivity (Wildman–Crippen MR) is 215 cm³/mol. The number of hydrogen-bond acceptors (Lipinski definition) is 11. The number of likely N-dealkylation sites (tertiary alicyclic amines) is 1. The number of fused-ring (bicyclic) bond motifs is 1. The van der Waals surface area contributed by atoms with Crippen molar-refractivity contribution in [3.63, 3.8) is 0 Å². The fourth-order valence-electron chi connectivity index (χ4n) is 8.52. The first-order valence-electron chi connectivity index (χ1n) is 20.4. The van der Waals surface area contributed by atoms with Crippen LogP contribution in [0.25, 0.3) is 0 Å². The number of aliphatic hydroxyl groups is 1. The number of carbonyl (C=O) groups is 5. The summed E-state index contributed by atoms with van der Waals surface area (Å²) in [6.07, 6.45) is 6.11. The Balaban J connectivity index is 0.855. The minimum absolute atomic E-state index is 0.0740. The first kappa shape index (κ1) is 42.4. The van der Waals surface area contributed by atoms with Gasteiger partial charge in [0.05, 0.1) is 22.4 Å². The average molecular weight is 831 g/mol. The van der Waals surface area contributed by atoms with Crippen LogP contribution in [0, 0.1) is 11.3 Å². The van der Waals surface area contributed by atoms with Gasteiger partial charge < -0.3 is 30.9 Å². The lowest BCUT2D eigenvalue weighted by Crippen LogP contribution is -2.54. The van der Waals surface area contributed by atoms with E-state index in [-0.39, 0.29) is 47.0 Å². The Morgan fingerprint density at radius 3 is 2.37 bits per heavy atom. The Morgan fingerprint density at radius 1 is 0.967 bits per heavy atom. The number of allylic oxidation sites excluding steroid dienone is 3. The van der Waals surface area contributed by atoms with E-state index in [1.165, 1.54) is 32.1 Å². The molecular formula is C43H49F3N8O6. The fourth-order valence-corrected chi connectivity index (χ4v) is 8.52. The number of aromatic nitrogens is 1. The third kappa shape index (κ3) is 9.36. The van der Waals surface area contributed by atoms with Gasteiger partial charge in [0.25, 0.3) is 17.7 Å². The number of amides is 5. The molecule has 1 atom stereocenters. The van der Waals surface area contributed by atoms with Gasteiger partial charge in [0.2, 0.25) is 11.8 Å². The molecule has 7 rings (SSSR count). The summed E-state index contributed by atoms with van der Waals surface area (Å²) in [4.78, 5) is 72.6. The number of anilines is 1. The van der Waals surface area contributed by atoms with Gasteiger partial charge in [-0.05, 0) is 114 Å². The van der Waals surface area contributed by atoms with Gasteiger partial charge in [0.15, 0.2) is 0 Å². The van der Waals surface area contributed by atoms with E-state index in [0.717, 1.165) is 94.0 Å². The number of benzene rings is 1. The summed E-state index contributed by atoms with van der Waals surface area (Å²) in [5.74, 6) is -2.35. The van der Waals surface area contributed by atoms with Crippen LogP contribution in [0.4, 0.5) is 18.9 Å². The Bertz CT molecular complexity index is 2180. The smallest absolute Gasteiger partial charge is 0.388 e. The summed E-state index contributed by atoms with van der Waals surface area (Å²) in [6, 6.07) is 7.49. The van der Waals surface area contributed by atoms with E-state index in [9.17, 15) is 42.3 Å². The van der Waals surface area contributed by atoms with Gasteiger partial charge in [0, 0.05) is 67.4 Å². The number of imide groups is 2. The molecule has 5 N–H and O–H groups in total. The van der Waals surface area contributed by atoms with Gasteiger partial charge in [-0.2, -0.15) is 13.2 Å². The van der Waals surface area contributed by atoms with Crippen LogP contribution in [0.15, 0.2) is 71.6 Å². The maximum atomic E-state index is 13.3. The van der Waals surface area contributed by atoms with E-state index in [0.29, 0.717) is 11.5 Å². The van der Waals surface area contributed by atoms with E-state index in [4.69, 9.17) is 5.41 Å². The SMILES string of the molecule is CC(C)(O)C1=CC(=N)/C(=C\NC2CCN(CCCC3CCN(c4ccc5c(c4)C(=O)N(C4CCC(=O)NC4=O)C5=O)CC3)CC2)C=C1NC(=O)c1cccc(C(F)(F)F)n1. The van der Waals surface area contributed by atoms with Crippen LogP contribution in [-0.2, 0) is 15.8 Å². The predicted octanol–water partition coefficient (Wildman–Crippen LogP) is 4.48. The third-order valence-electron chi connectivity index (χ3n) is 11.9. The average Bonchev–Trinajstić information content (AvgIpc) is 3.45. The summed E-state index contributed by atoms with van der Waals surface area (Å²) in [6.45, 7) is 7.44. The molecule has 3 saturated heterocycles. The van der Waals surface area contributed by atoms with Crippen molar-refractivity contribution in [3.05, 3.63) is 94.1 Å². The molecule has 5 aliphatic rings. The van der Waals surface area contributed by atoms with Crippen molar-refractivity contribution in [2.45, 2.75) is 89.1 Å². The molecule has 0 spiro atoms. The molecule has 5 amide bonds. The number of carbonyl (C=O) groups excluding carboxylic acids is 5. The highest BCUT2D eigenvalue weighted by molar-refractivity contribution is 6.23. The summed E-state index contributed by atoms with van der Waals surface area (Å²) >= 11 is 0. The van der Waals surface area contributed by atoms with Crippen LogP contribution in [0.2, 0.25) is 0 Å². The van der Waals surface area contributed by atoms with Crippen LogP contribution in [-0.4, -0.2) is 106 Å². The van der Waals surface area contributed by atoms with E-state index in [2.05, 4.69) is 30.7 Å². The Hall–Kier alpha value is -5.68. The molecule has 1 aromatic carbocycles. The minimum Gasteiger partial charge on any atom is -0.388 e. The lowest BCUT2D eigenvalue weighted by molar-refractivity contribution is -0.141. The molecule has 0 saturated carbocycles. The molecule has 0 bridgehead atoms. The highest BCUT2D eigenvalue weighted by atomic mass is 19.4. The summed E-state index contributed by atoms with van der Waals surface area (Å²) in [5.41, 5.74) is -0.706. The van der Waals surface area contributed by atoms with E-state index < -0.39 is 58.7 Å². The number of nitrogens with zero attached hydrogens (tertiary/aromatic N) is 4. The molecule has 60 heavy (non-hydrogen) atoms. The largest absolute Gasteiger partial charge is 0.433 e. The summed E-state index contributed by atoms with van der Waals surface area (Å²) < 4.78 is 39.7. The van der Waals surface area contributed by atoms with Crippen molar-refractivity contribution in [2.75, 3.05) is 37.6 Å². The van der Waals surface area contributed by atoms with Gasteiger partial charge in [-0.3, -0.25) is 34.2 Å². The number of pyridine rings is 1. The minimum atomic E-state index is -4.72. The Labute approximate surface area is 345 Å². The Kier molecular flexibility index (Phi) is 12.1. The summed E-state index contributed by atoms with van der Waals surface area (Å²) in [5, 5.41) is 27.6. The molecule has 14 nitrogen and oxygen atoms in total. The lowest BCUT2D eigenvalue weighted by Gasteiger charge is -2.35. The first-order valence-corrected chi connectivity index (χ1v) is 20.4. The van der Waals surface area contributed by atoms with Gasteiger partial charge in [-0.25, -0.2) is 4.98 Å². The lowest BCUT2D eigenvalue weighted by atomic mass is 9.87. The van der Waals surface area contributed by atoms with Crippen molar-refractivity contribution in [2.24, 2.45) is 5.92 Å². The maximum Gasteiger partial charge on any atom is 0.433 e. The second-order valence-corrected chi connectivity index (χ2v) is 16.6. The molecular weight excluding hydrogens is 782 g/mol. The number of hydrogen-bond donors (Lipinski definition) is 5. The fraction of sp³-hybridized carbons (Fsp3) is 0.465. The molecule has 17 heteroatoms. The van der Waals surface area contributed by atoms with Gasteiger partial charge in [-0.1, -0.05) is 6.07 Å². The van der Waals surface area contributed by atoms with Crippen LogP contribution in [0.3, 0.4) is 0 Å². The van der Waals surface area contributed by atoms with E-state index in [1.54, 1.807) is 18.3 Å². The number of halogens is 3. The number of rotatable bonds is 11. The van der Waals surface area contributed by atoms with Crippen molar-refractivity contribution in [3.8, 4) is 0 Å². The normalized spacial score (nSPS) is 21.9. The number of alkyl halides is 3. The molecule has 1 aliphatic carbocycles. The van der Waals surface area contributed by atoms with E-state index in [1.807, 2.05) is 6.07 Å². The zero-order valence-electron chi connectivity index (χ0n) is 33.5. The highest BCUT2D eigenvalue weighted by Crippen LogP contribution is 2.34.